The predicted octanol–water partition coefficient (Wildman–Crippen LogP) is 2.23. The average molecular weight is 224 g/mol. The molecule has 4 heteroatoms. The predicted molar refractivity (Wildman–Crippen MR) is 66.2 cm³/mol. The van der Waals surface area contributed by atoms with Crippen LogP contribution < -0.4 is 5.32 Å². The number of nitrogens with one attached hydrogen (secondary N) is 1. The highest BCUT2D eigenvalue weighted by molar-refractivity contribution is 4.82. The van der Waals surface area contributed by atoms with Crippen LogP contribution in [0.25, 0.3) is 0 Å². The first kappa shape index (κ1) is 13.2. The molecule has 4 nitrogen and oxygen atoms in total. The lowest BCUT2D eigenvalue weighted by Crippen LogP contribution is -2.46. The van der Waals surface area contributed by atoms with Gasteiger partial charge in [0.1, 0.15) is 12.7 Å². The van der Waals surface area contributed by atoms with Crippen molar-refractivity contribution >= 4 is 0 Å². The molecule has 92 valence electrons. The SMILES string of the molecule is CCC(C)(CC)NC(C)CCn1cncn1. The van der Waals surface area contributed by atoms with Gasteiger partial charge in [-0.1, -0.05) is 13.8 Å². The van der Waals surface area contributed by atoms with Gasteiger partial charge in [-0.25, -0.2) is 4.98 Å². The second kappa shape index (κ2) is 5.99. The van der Waals surface area contributed by atoms with Gasteiger partial charge in [0.2, 0.25) is 0 Å². The highest BCUT2D eigenvalue weighted by Gasteiger charge is 2.20. The van der Waals surface area contributed by atoms with Crippen molar-refractivity contribution in [2.45, 2.75) is 65.1 Å². The largest absolute Gasteiger partial charge is 0.309 e. The van der Waals surface area contributed by atoms with E-state index in [-0.39, 0.29) is 5.54 Å². The lowest BCUT2D eigenvalue weighted by molar-refractivity contribution is 0.283. The lowest BCUT2D eigenvalue weighted by atomic mass is 9.94. The molecule has 0 spiro atoms. The number of aryl methyl sites for hydroxylation is 1. The molecule has 1 unspecified atom stereocenters. The fourth-order valence-corrected chi connectivity index (χ4v) is 1.80. The maximum absolute atomic E-state index is 4.10. The van der Waals surface area contributed by atoms with E-state index >= 15 is 0 Å². The van der Waals surface area contributed by atoms with Crippen molar-refractivity contribution in [3.05, 3.63) is 12.7 Å². The van der Waals surface area contributed by atoms with Crippen molar-refractivity contribution in [2.75, 3.05) is 0 Å². The number of rotatable bonds is 7. The number of nitrogens with zero attached hydrogens (tertiary/aromatic N) is 3. The summed E-state index contributed by atoms with van der Waals surface area (Å²) in [5.74, 6) is 0. The van der Waals surface area contributed by atoms with Crippen LogP contribution in [0.4, 0.5) is 0 Å². The van der Waals surface area contributed by atoms with Crippen molar-refractivity contribution < 1.29 is 0 Å². The molecule has 16 heavy (non-hydrogen) atoms. The molecule has 1 N–H and O–H groups in total. The van der Waals surface area contributed by atoms with E-state index in [1.807, 2.05) is 4.68 Å². The van der Waals surface area contributed by atoms with Gasteiger partial charge in [-0.05, 0) is 33.1 Å². The Bertz CT molecular complexity index is 277. The summed E-state index contributed by atoms with van der Waals surface area (Å²) in [6.45, 7) is 9.93. The third kappa shape index (κ3) is 3.93. The molecule has 0 amide bonds. The second-order valence-electron chi connectivity index (χ2n) is 4.76. The van der Waals surface area contributed by atoms with E-state index in [0.717, 1.165) is 25.8 Å². The number of hydrogen-bond acceptors (Lipinski definition) is 3. The molecule has 1 aromatic heterocycles. The summed E-state index contributed by atoms with van der Waals surface area (Å²) in [6, 6.07) is 0.508. The van der Waals surface area contributed by atoms with Crippen LogP contribution in [-0.4, -0.2) is 26.3 Å². The molecule has 1 aromatic rings. The van der Waals surface area contributed by atoms with Crippen LogP contribution in [0.3, 0.4) is 0 Å². The molecule has 0 aliphatic rings. The van der Waals surface area contributed by atoms with Gasteiger partial charge in [0.05, 0.1) is 0 Å². The Balaban J connectivity index is 2.32. The van der Waals surface area contributed by atoms with Gasteiger partial charge >= 0.3 is 0 Å². The van der Waals surface area contributed by atoms with Crippen LogP contribution in [0.15, 0.2) is 12.7 Å². The quantitative estimate of drug-likeness (QED) is 0.772. The number of aromatic nitrogens is 3. The first-order valence-electron chi connectivity index (χ1n) is 6.19. The summed E-state index contributed by atoms with van der Waals surface area (Å²) < 4.78 is 1.88. The monoisotopic (exact) mass is 224 g/mol. The Morgan fingerprint density at radius 1 is 1.38 bits per heavy atom. The first-order chi connectivity index (χ1) is 7.59. The van der Waals surface area contributed by atoms with Crippen molar-refractivity contribution in [1.82, 2.24) is 20.1 Å². The molecule has 0 fully saturated rings. The maximum Gasteiger partial charge on any atom is 0.137 e. The Hall–Kier alpha value is -0.900. The Morgan fingerprint density at radius 3 is 2.56 bits per heavy atom. The van der Waals surface area contributed by atoms with Crippen LogP contribution in [0.5, 0.6) is 0 Å². The molecule has 0 aliphatic carbocycles. The normalized spacial score (nSPS) is 14.0. The topological polar surface area (TPSA) is 42.7 Å². The van der Waals surface area contributed by atoms with Crippen LogP contribution in [0.1, 0.15) is 47.0 Å². The van der Waals surface area contributed by atoms with Gasteiger partial charge < -0.3 is 5.32 Å². The highest BCUT2D eigenvalue weighted by atomic mass is 15.3. The van der Waals surface area contributed by atoms with Crippen LogP contribution in [0.2, 0.25) is 0 Å². The summed E-state index contributed by atoms with van der Waals surface area (Å²) in [7, 11) is 0. The Kier molecular flexibility index (Phi) is 4.93. The molecule has 0 saturated carbocycles. The summed E-state index contributed by atoms with van der Waals surface area (Å²) in [5, 5.41) is 7.80. The molecule has 0 bridgehead atoms. The zero-order valence-electron chi connectivity index (χ0n) is 10.9. The second-order valence-corrected chi connectivity index (χ2v) is 4.76. The summed E-state index contributed by atoms with van der Waals surface area (Å²) >= 11 is 0. The molecule has 0 radical (unpaired) electrons. The van der Waals surface area contributed by atoms with Gasteiger partial charge in [-0.15, -0.1) is 0 Å². The smallest absolute Gasteiger partial charge is 0.137 e. The summed E-state index contributed by atoms with van der Waals surface area (Å²) in [5.41, 5.74) is 0.266. The van der Waals surface area contributed by atoms with Crippen molar-refractivity contribution in [3.8, 4) is 0 Å². The fourth-order valence-electron chi connectivity index (χ4n) is 1.80. The van der Waals surface area contributed by atoms with E-state index in [1.54, 1.807) is 12.7 Å². The molecule has 0 aromatic carbocycles. The molecule has 1 atom stereocenters. The molecular weight excluding hydrogens is 200 g/mol. The minimum Gasteiger partial charge on any atom is -0.309 e. The third-order valence-corrected chi connectivity index (χ3v) is 3.41. The molecule has 1 rings (SSSR count). The molecule has 1 heterocycles. The van der Waals surface area contributed by atoms with E-state index in [9.17, 15) is 0 Å². The Labute approximate surface area is 98.5 Å². The zero-order chi connectivity index (χ0) is 12.0. The van der Waals surface area contributed by atoms with Gasteiger partial charge in [0.25, 0.3) is 0 Å². The van der Waals surface area contributed by atoms with Crippen molar-refractivity contribution in [1.29, 1.82) is 0 Å². The molecular formula is C12H24N4. The maximum atomic E-state index is 4.10. The molecule has 0 aliphatic heterocycles. The van der Waals surface area contributed by atoms with Gasteiger partial charge in [0, 0.05) is 18.1 Å². The van der Waals surface area contributed by atoms with Gasteiger partial charge in [-0.2, -0.15) is 5.10 Å². The van der Waals surface area contributed by atoms with Gasteiger partial charge in [-0.3, -0.25) is 4.68 Å². The van der Waals surface area contributed by atoms with E-state index in [2.05, 4.69) is 43.1 Å². The standard InChI is InChI=1S/C12H24N4/c1-5-12(4,6-2)15-11(3)7-8-16-10-13-9-14-16/h9-11,15H,5-8H2,1-4H3. The van der Waals surface area contributed by atoms with Gasteiger partial charge in [0.15, 0.2) is 0 Å². The van der Waals surface area contributed by atoms with E-state index in [1.165, 1.54) is 0 Å². The van der Waals surface area contributed by atoms with Crippen LogP contribution in [0, 0.1) is 0 Å². The summed E-state index contributed by atoms with van der Waals surface area (Å²) in [4.78, 5) is 3.94. The van der Waals surface area contributed by atoms with E-state index < -0.39 is 0 Å². The van der Waals surface area contributed by atoms with Crippen LogP contribution in [-0.2, 0) is 6.54 Å². The molecule has 0 saturated heterocycles. The highest BCUT2D eigenvalue weighted by Crippen LogP contribution is 2.15. The van der Waals surface area contributed by atoms with Crippen molar-refractivity contribution in [2.24, 2.45) is 0 Å². The minimum absolute atomic E-state index is 0.266. The third-order valence-electron chi connectivity index (χ3n) is 3.41. The zero-order valence-corrected chi connectivity index (χ0v) is 10.9. The lowest BCUT2D eigenvalue weighted by Gasteiger charge is -2.32. The van der Waals surface area contributed by atoms with Crippen molar-refractivity contribution in [3.63, 3.8) is 0 Å². The van der Waals surface area contributed by atoms with E-state index in [0.29, 0.717) is 6.04 Å². The fraction of sp³-hybridized carbons (Fsp3) is 0.833. The summed E-state index contributed by atoms with van der Waals surface area (Å²) in [6.07, 6.45) is 6.76. The van der Waals surface area contributed by atoms with Crippen LogP contribution >= 0.6 is 0 Å². The average Bonchev–Trinajstić information content (AvgIpc) is 2.79. The Morgan fingerprint density at radius 2 is 2.06 bits per heavy atom. The number of hydrogen-bond donors (Lipinski definition) is 1. The minimum atomic E-state index is 0.266. The first-order valence-corrected chi connectivity index (χ1v) is 6.19. The van der Waals surface area contributed by atoms with E-state index in [4.69, 9.17) is 0 Å².